The van der Waals surface area contributed by atoms with E-state index < -0.39 is 0 Å². The van der Waals surface area contributed by atoms with Crippen molar-refractivity contribution in [3.8, 4) is 0 Å². The predicted octanol–water partition coefficient (Wildman–Crippen LogP) is 4.01. The summed E-state index contributed by atoms with van der Waals surface area (Å²) in [5.41, 5.74) is 0.552. The lowest BCUT2D eigenvalue weighted by Gasteiger charge is -2.35. The zero-order valence-corrected chi connectivity index (χ0v) is 13.3. The largest absolute Gasteiger partial charge is 0.359 e. The fraction of sp³-hybridized carbons (Fsp3) is 1.00. The molecule has 0 aromatic heterocycles. The molecule has 2 fully saturated rings. The molecule has 0 saturated carbocycles. The molecule has 2 atom stereocenters. The van der Waals surface area contributed by atoms with Gasteiger partial charge in [-0.1, -0.05) is 38.5 Å². The molecule has 2 saturated heterocycles. The number of methoxy groups -OCH3 is 1. The van der Waals surface area contributed by atoms with Gasteiger partial charge in [0.2, 0.25) is 0 Å². The molecule has 0 radical (unpaired) electrons. The van der Waals surface area contributed by atoms with Gasteiger partial charge >= 0.3 is 0 Å². The zero-order chi connectivity index (χ0) is 14.1. The van der Waals surface area contributed by atoms with Crippen molar-refractivity contribution in [2.75, 3.05) is 20.5 Å². The van der Waals surface area contributed by atoms with E-state index in [1.807, 2.05) is 0 Å². The van der Waals surface area contributed by atoms with Crippen molar-refractivity contribution in [1.82, 2.24) is 5.32 Å². The minimum absolute atomic E-state index is 0.441. The molecular weight excluding hydrogens is 250 g/mol. The standard InChI is InChI=1S/C17H33NO2/c1-19-15-20-14-7-5-3-2-4-6-11-17-12-8-9-16(18-17)10-13-17/h16,18H,2-15H2,1H3. The van der Waals surface area contributed by atoms with Crippen molar-refractivity contribution in [2.45, 2.75) is 88.6 Å². The molecule has 1 N–H and O–H groups in total. The van der Waals surface area contributed by atoms with Crippen LogP contribution in [0.3, 0.4) is 0 Å². The van der Waals surface area contributed by atoms with Crippen molar-refractivity contribution < 1.29 is 9.47 Å². The van der Waals surface area contributed by atoms with E-state index in [0.717, 1.165) is 12.6 Å². The molecule has 2 aliphatic heterocycles. The maximum atomic E-state index is 5.29. The molecule has 2 aliphatic rings. The number of nitrogens with one attached hydrogen (secondary N) is 1. The molecule has 3 heteroatoms. The van der Waals surface area contributed by atoms with Crippen LogP contribution in [-0.2, 0) is 9.47 Å². The van der Waals surface area contributed by atoms with E-state index in [1.165, 1.54) is 77.0 Å². The van der Waals surface area contributed by atoms with E-state index in [9.17, 15) is 0 Å². The topological polar surface area (TPSA) is 30.5 Å². The molecule has 0 aromatic rings. The van der Waals surface area contributed by atoms with E-state index in [4.69, 9.17) is 9.47 Å². The van der Waals surface area contributed by atoms with Gasteiger partial charge in [-0.2, -0.15) is 0 Å². The van der Waals surface area contributed by atoms with Gasteiger partial charge in [0.05, 0.1) is 0 Å². The van der Waals surface area contributed by atoms with Crippen molar-refractivity contribution in [2.24, 2.45) is 0 Å². The Balaban J connectivity index is 1.40. The summed E-state index contributed by atoms with van der Waals surface area (Å²) in [5, 5.41) is 3.91. The van der Waals surface area contributed by atoms with Crippen LogP contribution >= 0.6 is 0 Å². The van der Waals surface area contributed by atoms with Gasteiger partial charge in [0.1, 0.15) is 6.79 Å². The lowest BCUT2D eigenvalue weighted by atomic mass is 9.85. The third kappa shape index (κ3) is 5.34. The van der Waals surface area contributed by atoms with Gasteiger partial charge in [0, 0.05) is 25.3 Å². The number of ether oxygens (including phenoxy) is 2. The molecule has 0 spiro atoms. The predicted molar refractivity (Wildman–Crippen MR) is 82.9 cm³/mol. The van der Waals surface area contributed by atoms with Crippen LogP contribution in [0.5, 0.6) is 0 Å². The maximum absolute atomic E-state index is 5.29. The Bertz CT molecular complexity index is 255. The van der Waals surface area contributed by atoms with Crippen molar-refractivity contribution in [3.63, 3.8) is 0 Å². The Labute approximate surface area is 124 Å². The Morgan fingerprint density at radius 3 is 2.65 bits per heavy atom. The van der Waals surface area contributed by atoms with Gasteiger partial charge in [-0.15, -0.1) is 0 Å². The Morgan fingerprint density at radius 1 is 1.00 bits per heavy atom. The minimum Gasteiger partial charge on any atom is -0.359 e. The SMILES string of the molecule is COCOCCCCCCCCC12CCCC(CC1)N2. The van der Waals surface area contributed by atoms with Crippen molar-refractivity contribution in [3.05, 3.63) is 0 Å². The first-order valence-corrected chi connectivity index (χ1v) is 8.69. The van der Waals surface area contributed by atoms with Gasteiger partial charge in [-0.05, 0) is 38.5 Å². The fourth-order valence-electron chi connectivity index (χ4n) is 3.97. The van der Waals surface area contributed by atoms with Gasteiger partial charge < -0.3 is 14.8 Å². The van der Waals surface area contributed by atoms with Crippen molar-refractivity contribution >= 4 is 0 Å². The second-order valence-electron chi connectivity index (χ2n) is 6.74. The molecule has 2 bridgehead atoms. The highest BCUT2D eigenvalue weighted by molar-refractivity contribution is 5.00. The molecule has 0 amide bonds. The highest BCUT2D eigenvalue weighted by Gasteiger charge is 2.40. The smallest absolute Gasteiger partial charge is 0.146 e. The number of hydrogen-bond donors (Lipinski definition) is 1. The summed E-state index contributed by atoms with van der Waals surface area (Å²) in [6.07, 6.45) is 16.7. The van der Waals surface area contributed by atoms with Gasteiger partial charge in [-0.3, -0.25) is 0 Å². The molecule has 2 unspecified atom stereocenters. The Hall–Kier alpha value is -0.120. The molecular formula is C17H33NO2. The number of unbranched alkanes of at least 4 members (excludes halogenated alkanes) is 5. The van der Waals surface area contributed by atoms with Crippen LogP contribution in [0.15, 0.2) is 0 Å². The van der Waals surface area contributed by atoms with E-state index in [0.29, 0.717) is 12.3 Å². The molecule has 2 rings (SSSR count). The summed E-state index contributed by atoms with van der Waals surface area (Å²) >= 11 is 0. The van der Waals surface area contributed by atoms with E-state index in [1.54, 1.807) is 7.11 Å². The fourth-order valence-corrected chi connectivity index (χ4v) is 3.97. The molecule has 0 aromatic carbocycles. The third-order valence-electron chi connectivity index (χ3n) is 5.08. The van der Waals surface area contributed by atoms with Crippen LogP contribution in [0.2, 0.25) is 0 Å². The molecule has 0 aliphatic carbocycles. The van der Waals surface area contributed by atoms with E-state index in [-0.39, 0.29) is 0 Å². The van der Waals surface area contributed by atoms with Crippen LogP contribution < -0.4 is 5.32 Å². The third-order valence-corrected chi connectivity index (χ3v) is 5.08. The first-order chi connectivity index (χ1) is 9.85. The maximum Gasteiger partial charge on any atom is 0.146 e. The summed E-state index contributed by atoms with van der Waals surface area (Å²) in [7, 11) is 1.67. The van der Waals surface area contributed by atoms with Crippen LogP contribution in [0.25, 0.3) is 0 Å². The average Bonchev–Trinajstić information content (AvgIpc) is 2.76. The first kappa shape index (κ1) is 16.3. The second kappa shape index (κ2) is 9.01. The monoisotopic (exact) mass is 283 g/mol. The quantitative estimate of drug-likeness (QED) is 0.459. The Morgan fingerprint density at radius 2 is 1.80 bits per heavy atom. The molecule has 3 nitrogen and oxygen atoms in total. The number of fused-ring (bicyclic) bond motifs is 2. The molecule has 118 valence electrons. The lowest BCUT2D eigenvalue weighted by molar-refractivity contribution is -0.0315. The van der Waals surface area contributed by atoms with Gasteiger partial charge in [0.15, 0.2) is 0 Å². The number of piperidine rings is 1. The summed E-state index contributed by atoms with van der Waals surface area (Å²) in [4.78, 5) is 0. The normalized spacial score (nSPS) is 28.9. The minimum atomic E-state index is 0.441. The van der Waals surface area contributed by atoms with E-state index in [2.05, 4.69) is 5.32 Å². The summed E-state index contributed by atoms with van der Waals surface area (Å²) in [6, 6.07) is 0.857. The highest BCUT2D eigenvalue weighted by Crippen LogP contribution is 2.38. The van der Waals surface area contributed by atoms with Crippen LogP contribution in [-0.4, -0.2) is 32.1 Å². The number of hydrogen-bond acceptors (Lipinski definition) is 3. The summed E-state index contributed by atoms with van der Waals surface area (Å²) < 4.78 is 10.1. The lowest BCUT2D eigenvalue weighted by Crippen LogP contribution is -2.46. The number of rotatable bonds is 11. The zero-order valence-electron chi connectivity index (χ0n) is 13.3. The van der Waals surface area contributed by atoms with Crippen LogP contribution in [0.1, 0.15) is 77.0 Å². The van der Waals surface area contributed by atoms with Crippen molar-refractivity contribution in [1.29, 1.82) is 0 Å². The average molecular weight is 283 g/mol. The molecule has 20 heavy (non-hydrogen) atoms. The van der Waals surface area contributed by atoms with Gasteiger partial charge in [0.25, 0.3) is 0 Å². The highest BCUT2D eigenvalue weighted by atomic mass is 16.7. The molecule has 2 heterocycles. The first-order valence-electron chi connectivity index (χ1n) is 8.69. The Kier molecular flexibility index (Phi) is 7.32. The van der Waals surface area contributed by atoms with Crippen LogP contribution in [0, 0.1) is 0 Å². The summed E-state index contributed by atoms with van der Waals surface area (Å²) in [6.45, 7) is 1.29. The van der Waals surface area contributed by atoms with E-state index >= 15 is 0 Å². The second-order valence-corrected chi connectivity index (χ2v) is 6.74. The van der Waals surface area contributed by atoms with Gasteiger partial charge in [-0.25, -0.2) is 0 Å². The summed E-state index contributed by atoms with van der Waals surface area (Å²) in [5.74, 6) is 0. The van der Waals surface area contributed by atoms with Crippen LogP contribution in [0.4, 0.5) is 0 Å².